The second-order valence-electron chi connectivity index (χ2n) is 4.87. The van der Waals surface area contributed by atoms with Crippen molar-refractivity contribution in [2.24, 2.45) is 0 Å². The Labute approximate surface area is 130 Å². The normalized spacial score (nSPS) is 11.3. The smallest absolute Gasteiger partial charge is 0.422 e. The highest BCUT2D eigenvalue weighted by Crippen LogP contribution is 2.19. The molecule has 0 aliphatic rings. The minimum absolute atomic E-state index is 0.0992. The van der Waals surface area contributed by atoms with Gasteiger partial charge >= 0.3 is 6.18 Å². The molecule has 0 atom stereocenters. The number of aryl methyl sites for hydroxylation is 1. The number of aromatic nitrogens is 2. The van der Waals surface area contributed by atoms with E-state index in [1.54, 1.807) is 18.2 Å². The maximum atomic E-state index is 12.1. The molecule has 8 heteroatoms. The molecule has 2 aromatic rings. The Morgan fingerprint density at radius 3 is 2.78 bits per heavy atom. The van der Waals surface area contributed by atoms with E-state index in [0.29, 0.717) is 5.56 Å². The molecule has 0 saturated heterocycles. The highest BCUT2D eigenvalue weighted by atomic mass is 19.4. The van der Waals surface area contributed by atoms with Crippen LogP contribution in [-0.4, -0.2) is 28.9 Å². The Morgan fingerprint density at radius 1 is 1.35 bits per heavy atom. The van der Waals surface area contributed by atoms with Crippen molar-refractivity contribution in [1.29, 1.82) is 0 Å². The van der Waals surface area contributed by atoms with Gasteiger partial charge in [-0.05, 0) is 30.2 Å². The lowest BCUT2D eigenvalue weighted by atomic mass is 10.2. The quantitative estimate of drug-likeness (QED) is 0.857. The summed E-state index contributed by atoms with van der Waals surface area (Å²) in [5.74, 6) is -0.260. The number of nitrogens with one attached hydrogen (secondary N) is 2. The van der Waals surface area contributed by atoms with Crippen LogP contribution in [0.3, 0.4) is 0 Å². The summed E-state index contributed by atoms with van der Waals surface area (Å²) in [6, 6.07) is 7.78. The predicted molar refractivity (Wildman–Crippen MR) is 77.1 cm³/mol. The van der Waals surface area contributed by atoms with E-state index in [1.165, 1.54) is 12.1 Å². The van der Waals surface area contributed by atoms with Gasteiger partial charge in [-0.3, -0.25) is 9.89 Å². The van der Waals surface area contributed by atoms with Crippen LogP contribution in [0.25, 0.3) is 0 Å². The standard InChI is InChI=1S/C15H16F3N3O2/c1-2-11-7-13(21-20-11)14(22)19-8-10-4-3-5-12(6-10)23-9-15(16,17)18/h3-7H,2,8-9H2,1H3,(H,19,22)(H,20,21). The first-order valence-corrected chi connectivity index (χ1v) is 6.98. The predicted octanol–water partition coefficient (Wildman–Crippen LogP) is 2.84. The SMILES string of the molecule is CCc1cc(C(=O)NCc2cccc(OCC(F)(F)F)c2)n[nH]1. The number of rotatable bonds is 6. The van der Waals surface area contributed by atoms with Crippen LogP contribution >= 0.6 is 0 Å². The number of carbonyl (C=O) groups excluding carboxylic acids is 1. The van der Waals surface area contributed by atoms with Crippen molar-refractivity contribution >= 4 is 5.91 Å². The van der Waals surface area contributed by atoms with Crippen molar-refractivity contribution in [3.05, 3.63) is 47.3 Å². The van der Waals surface area contributed by atoms with E-state index in [0.717, 1.165) is 12.1 Å². The summed E-state index contributed by atoms with van der Waals surface area (Å²) >= 11 is 0. The molecule has 2 N–H and O–H groups in total. The van der Waals surface area contributed by atoms with Gasteiger partial charge in [0.1, 0.15) is 11.4 Å². The fourth-order valence-corrected chi connectivity index (χ4v) is 1.84. The van der Waals surface area contributed by atoms with Crippen LogP contribution in [-0.2, 0) is 13.0 Å². The highest BCUT2D eigenvalue weighted by Gasteiger charge is 2.28. The minimum atomic E-state index is -4.39. The summed E-state index contributed by atoms with van der Waals surface area (Å²) in [6.45, 7) is 0.744. The molecule has 0 unspecified atom stereocenters. The van der Waals surface area contributed by atoms with E-state index >= 15 is 0 Å². The Kier molecular flexibility index (Phi) is 5.25. The zero-order valence-corrected chi connectivity index (χ0v) is 12.4. The fraction of sp³-hybridized carbons (Fsp3) is 0.333. The van der Waals surface area contributed by atoms with Crippen molar-refractivity contribution < 1.29 is 22.7 Å². The van der Waals surface area contributed by atoms with Crippen LogP contribution in [0, 0.1) is 0 Å². The summed E-state index contributed by atoms with van der Waals surface area (Å²) in [7, 11) is 0. The van der Waals surface area contributed by atoms with Crippen molar-refractivity contribution in [3.8, 4) is 5.75 Å². The van der Waals surface area contributed by atoms with Gasteiger partial charge in [0.15, 0.2) is 6.61 Å². The second-order valence-corrected chi connectivity index (χ2v) is 4.87. The van der Waals surface area contributed by atoms with Crippen LogP contribution in [0.1, 0.15) is 28.7 Å². The van der Waals surface area contributed by atoms with E-state index in [4.69, 9.17) is 0 Å². The van der Waals surface area contributed by atoms with E-state index in [9.17, 15) is 18.0 Å². The molecule has 0 bridgehead atoms. The lowest BCUT2D eigenvalue weighted by Gasteiger charge is -2.10. The van der Waals surface area contributed by atoms with E-state index < -0.39 is 12.8 Å². The summed E-state index contributed by atoms with van der Waals surface area (Å²) in [5, 5.41) is 9.28. The van der Waals surface area contributed by atoms with Gasteiger partial charge in [-0.1, -0.05) is 19.1 Å². The first-order valence-electron chi connectivity index (χ1n) is 6.98. The fourth-order valence-electron chi connectivity index (χ4n) is 1.84. The van der Waals surface area contributed by atoms with Gasteiger partial charge in [0, 0.05) is 12.2 Å². The Balaban J connectivity index is 1.91. The lowest BCUT2D eigenvalue weighted by Crippen LogP contribution is -2.23. The van der Waals surface area contributed by atoms with Crippen molar-refractivity contribution in [2.75, 3.05) is 6.61 Å². The first-order chi connectivity index (χ1) is 10.9. The topological polar surface area (TPSA) is 67.0 Å². The summed E-state index contributed by atoms with van der Waals surface area (Å²) in [6.07, 6.45) is -3.65. The average molecular weight is 327 g/mol. The molecule has 1 amide bonds. The van der Waals surface area contributed by atoms with Gasteiger partial charge in [0.05, 0.1) is 0 Å². The molecule has 5 nitrogen and oxygen atoms in total. The van der Waals surface area contributed by atoms with Crippen LogP contribution in [0.5, 0.6) is 5.75 Å². The molecule has 1 aromatic heterocycles. The molecule has 124 valence electrons. The van der Waals surface area contributed by atoms with Crippen LogP contribution in [0.4, 0.5) is 13.2 Å². The van der Waals surface area contributed by atoms with Crippen LogP contribution < -0.4 is 10.1 Å². The third-order valence-electron chi connectivity index (χ3n) is 3.00. The van der Waals surface area contributed by atoms with Gasteiger partial charge in [-0.25, -0.2) is 0 Å². The monoisotopic (exact) mass is 327 g/mol. The largest absolute Gasteiger partial charge is 0.484 e. The number of aromatic amines is 1. The van der Waals surface area contributed by atoms with Gasteiger partial charge in [-0.2, -0.15) is 18.3 Å². The maximum Gasteiger partial charge on any atom is 0.422 e. The number of H-pyrrole nitrogens is 1. The zero-order valence-electron chi connectivity index (χ0n) is 12.4. The molecule has 0 radical (unpaired) electrons. The molecular weight excluding hydrogens is 311 g/mol. The molecule has 0 saturated carbocycles. The minimum Gasteiger partial charge on any atom is -0.484 e. The van der Waals surface area contributed by atoms with Crippen molar-refractivity contribution in [2.45, 2.75) is 26.1 Å². The molecule has 23 heavy (non-hydrogen) atoms. The Morgan fingerprint density at radius 2 is 2.13 bits per heavy atom. The number of benzene rings is 1. The summed E-state index contributed by atoms with van der Waals surface area (Å²) < 4.78 is 41.0. The van der Waals surface area contributed by atoms with Crippen molar-refractivity contribution in [3.63, 3.8) is 0 Å². The first kappa shape index (κ1) is 16.9. The van der Waals surface area contributed by atoms with Crippen LogP contribution in [0.15, 0.2) is 30.3 Å². The number of alkyl halides is 3. The lowest BCUT2D eigenvalue weighted by molar-refractivity contribution is -0.153. The van der Waals surface area contributed by atoms with Gasteiger partial charge < -0.3 is 10.1 Å². The highest BCUT2D eigenvalue weighted by molar-refractivity contribution is 5.92. The third-order valence-corrected chi connectivity index (χ3v) is 3.00. The number of amides is 1. The van der Waals surface area contributed by atoms with Gasteiger partial charge in [0.25, 0.3) is 5.91 Å². The van der Waals surface area contributed by atoms with E-state index in [2.05, 4.69) is 20.3 Å². The second kappa shape index (κ2) is 7.17. The van der Waals surface area contributed by atoms with Crippen molar-refractivity contribution in [1.82, 2.24) is 15.5 Å². The molecule has 0 aliphatic heterocycles. The number of halogens is 3. The van der Waals surface area contributed by atoms with E-state index in [1.807, 2.05) is 6.92 Å². The van der Waals surface area contributed by atoms with Crippen LogP contribution in [0.2, 0.25) is 0 Å². The number of hydrogen-bond donors (Lipinski definition) is 2. The zero-order chi connectivity index (χ0) is 16.9. The summed E-state index contributed by atoms with van der Waals surface area (Å²) in [4.78, 5) is 11.9. The van der Waals surface area contributed by atoms with Gasteiger partial charge in [-0.15, -0.1) is 0 Å². The number of nitrogens with zero attached hydrogens (tertiary/aromatic N) is 1. The molecule has 0 fully saturated rings. The van der Waals surface area contributed by atoms with Gasteiger partial charge in [0.2, 0.25) is 0 Å². The number of ether oxygens (including phenoxy) is 1. The molecular formula is C15H16F3N3O2. The number of hydrogen-bond acceptors (Lipinski definition) is 3. The molecule has 0 aliphatic carbocycles. The molecule has 0 spiro atoms. The third kappa shape index (κ3) is 5.32. The van der Waals surface area contributed by atoms with E-state index in [-0.39, 0.29) is 23.9 Å². The molecule has 1 aromatic carbocycles. The number of carbonyl (C=O) groups is 1. The molecule has 2 rings (SSSR count). The Hall–Kier alpha value is -2.51. The Bertz CT molecular complexity index is 668. The summed E-state index contributed by atoms with van der Waals surface area (Å²) in [5.41, 5.74) is 1.74. The average Bonchev–Trinajstić information content (AvgIpc) is 2.99. The molecule has 1 heterocycles. The maximum absolute atomic E-state index is 12.1.